The summed E-state index contributed by atoms with van der Waals surface area (Å²) in [6.07, 6.45) is 0.361. The van der Waals surface area contributed by atoms with Gasteiger partial charge in [-0.15, -0.1) is 0 Å². The molecule has 0 fully saturated rings. The van der Waals surface area contributed by atoms with E-state index in [-0.39, 0.29) is 22.9 Å². The third kappa shape index (κ3) is 3.13. The average molecular weight is 310 g/mol. The summed E-state index contributed by atoms with van der Waals surface area (Å²) in [5, 5.41) is 17.8. The second-order valence-electron chi connectivity index (χ2n) is 5.31. The monoisotopic (exact) mass is 310 g/mol. The lowest BCUT2D eigenvalue weighted by atomic mass is 9.95. The smallest absolute Gasteiger partial charge is 0.223 e. The molecule has 0 aliphatic carbocycles. The van der Waals surface area contributed by atoms with E-state index in [2.05, 4.69) is 0 Å². The number of carbonyl (C=O) groups excluding carboxylic acids is 2. The zero-order valence-electron chi connectivity index (χ0n) is 13.3. The fourth-order valence-corrected chi connectivity index (χ4v) is 2.39. The Morgan fingerprint density at radius 2 is 1.87 bits per heavy atom. The van der Waals surface area contributed by atoms with Crippen molar-refractivity contribution in [2.45, 2.75) is 13.8 Å². The number of phenolic OH excluding ortho intramolecular Hbond substituents is 1. The number of rotatable bonds is 4. The van der Waals surface area contributed by atoms with Gasteiger partial charge in [0.25, 0.3) is 0 Å². The number of aromatic hydroxyl groups is 1. The van der Waals surface area contributed by atoms with Crippen LogP contribution in [0.15, 0.2) is 36.4 Å². The molecule has 2 aromatic carbocycles. The van der Waals surface area contributed by atoms with Crippen molar-refractivity contribution in [3.8, 4) is 16.9 Å². The Hall–Kier alpha value is -2.95. The van der Waals surface area contributed by atoms with Crippen molar-refractivity contribution in [2.75, 3.05) is 11.9 Å². The highest BCUT2D eigenvalue weighted by Crippen LogP contribution is 2.37. The lowest BCUT2D eigenvalue weighted by molar-refractivity contribution is -0.116. The van der Waals surface area contributed by atoms with Gasteiger partial charge in [0.1, 0.15) is 11.5 Å². The molecule has 0 bridgehead atoms. The molecule has 0 saturated carbocycles. The van der Waals surface area contributed by atoms with Crippen LogP contribution < -0.4 is 4.90 Å². The van der Waals surface area contributed by atoms with Gasteiger partial charge in [0, 0.05) is 25.1 Å². The molecule has 0 atom stereocenters. The number of anilines is 1. The number of benzene rings is 2. The Balaban J connectivity index is 2.78. The normalized spacial score (nSPS) is 10.2. The molecule has 23 heavy (non-hydrogen) atoms. The van der Waals surface area contributed by atoms with Crippen molar-refractivity contribution in [1.29, 1.82) is 5.41 Å². The van der Waals surface area contributed by atoms with Crippen molar-refractivity contribution in [1.82, 2.24) is 0 Å². The van der Waals surface area contributed by atoms with E-state index in [1.165, 1.54) is 24.0 Å². The molecule has 0 saturated heterocycles. The number of aldehydes is 1. The Kier molecular flexibility index (Phi) is 4.60. The molecule has 0 spiro atoms. The zero-order valence-corrected chi connectivity index (χ0v) is 13.3. The molecule has 2 rings (SSSR count). The van der Waals surface area contributed by atoms with Crippen LogP contribution in [-0.2, 0) is 9.59 Å². The number of hydrogen-bond donors (Lipinski definition) is 2. The summed E-state index contributed by atoms with van der Waals surface area (Å²) in [5.41, 5.74) is 2.82. The fraction of sp³-hybridized carbons (Fsp3) is 0.167. The van der Waals surface area contributed by atoms with Gasteiger partial charge in [-0.1, -0.05) is 24.3 Å². The highest BCUT2D eigenvalue weighted by Gasteiger charge is 2.19. The molecule has 0 radical (unpaired) electrons. The van der Waals surface area contributed by atoms with Crippen LogP contribution in [0.2, 0.25) is 0 Å². The molecule has 0 heterocycles. The third-order valence-electron chi connectivity index (χ3n) is 3.79. The number of nitrogens with one attached hydrogen (secondary N) is 1. The Labute approximate surface area is 134 Å². The first kappa shape index (κ1) is 16.4. The molecule has 0 unspecified atom stereocenters. The summed E-state index contributed by atoms with van der Waals surface area (Å²) in [6.45, 7) is 3.37. The lowest BCUT2D eigenvalue weighted by Gasteiger charge is -2.22. The van der Waals surface area contributed by atoms with E-state index in [0.29, 0.717) is 17.5 Å². The highest BCUT2D eigenvalue weighted by molar-refractivity contribution is 6.35. The third-order valence-corrected chi connectivity index (χ3v) is 3.79. The van der Waals surface area contributed by atoms with Gasteiger partial charge in [0.2, 0.25) is 5.91 Å². The molecule has 5 heteroatoms. The second kappa shape index (κ2) is 6.44. The maximum Gasteiger partial charge on any atom is 0.223 e. The summed E-state index contributed by atoms with van der Waals surface area (Å²) >= 11 is 0. The van der Waals surface area contributed by atoms with Crippen molar-refractivity contribution < 1.29 is 14.7 Å². The van der Waals surface area contributed by atoms with Crippen LogP contribution in [0.25, 0.3) is 11.1 Å². The summed E-state index contributed by atoms with van der Waals surface area (Å²) in [7, 11) is 1.62. The van der Waals surface area contributed by atoms with Gasteiger partial charge in [-0.25, -0.2) is 0 Å². The Bertz CT molecular complexity index is 797. The van der Waals surface area contributed by atoms with Crippen LogP contribution in [0.4, 0.5) is 5.69 Å². The molecule has 118 valence electrons. The number of amides is 1. The number of aryl methyl sites for hydroxylation is 1. The molecular weight excluding hydrogens is 292 g/mol. The maximum absolute atomic E-state index is 11.8. The first-order chi connectivity index (χ1) is 10.9. The topological polar surface area (TPSA) is 81.5 Å². The van der Waals surface area contributed by atoms with E-state index in [0.717, 1.165) is 11.1 Å². The first-order valence-electron chi connectivity index (χ1n) is 7.08. The molecule has 0 aliphatic rings. The fourth-order valence-electron chi connectivity index (χ4n) is 2.39. The van der Waals surface area contributed by atoms with E-state index in [1.807, 2.05) is 31.2 Å². The Morgan fingerprint density at radius 1 is 1.22 bits per heavy atom. The SMILES string of the molecule is CC(=O)N(C)c1cc(C(=N)C=O)c(O)cc1-c1ccccc1C. The molecule has 2 N–H and O–H groups in total. The van der Waals surface area contributed by atoms with Crippen molar-refractivity contribution in [2.24, 2.45) is 0 Å². The quantitative estimate of drug-likeness (QED) is 0.673. The van der Waals surface area contributed by atoms with Crippen LogP contribution >= 0.6 is 0 Å². The van der Waals surface area contributed by atoms with Crippen LogP contribution in [0.5, 0.6) is 5.75 Å². The maximum atomic E-state index is 11.8. The van der Waals surface area contributed by atoms with Crippen molar-refractivity contribution >= 4 is 23.6 Å². The van der Waals surface area contributed by atoms with Crippen molar-refractivity contribution in [3.05, 3.63) is 47.5 Å². The first-order valence-corrected chi connectivity index (χ1v) is 7.08. The number of hydrogen-bond acceptors (Lipinski definition) is 4. The molecule has 5 nitrogen and oxygen atoms in total. The van der Waals surface area contributed by atoms with Gasteiger partial charge >= 0.3 is 0 Å². The molecule has 2 aromatic rings. The highest BCUT2D eigenvalue weighted by atomic mass is 16.3. The van der Waals surface area contributed by atoms with E-state index in [9.17, 15) is 14.7 Å². The Morgan fingerprint density at radius 3 is 2.43 bits per heavy atom. The van der Waals surface area contributed by atoms with Crippen molar-refractivity contribution in [3.63, 3.8) is 0 Å². The molecule has 0 aliphatic heterocycles. The number of nitrogens with zero attached hydrogens (tertiary/aromatic N) is 1. The minimum Gasteiger partial charge on any atom is -0.507 e. The van der Waals surface area contributed by atoms with Gasteiger partial charge in [-0.2, -0.15) is 0 Å². The minimum atomic E-state index is -0.336. The van der Waals surface area contributed by atoms with Gasteiger partial charge in [0.15, 0.2) is 6.29 Å². The number of carbonyl (C=O) groups is 2. The van der Waals surface area contributed by atoms with Gasteiger partial charge in [-0.3, -0.25) is 15.0 Å². The van der Waals surface area contributed by atoms with Crippen LogP contribution in [0.3, 0.4) is 0 Å². The van der Waals surface area contributed by atoms with E-state index in [1.54, 1.807) is 7.05 Å². The molecular formula is C18H18N2O3. The summed E-state index contributed by atoms with van der Waals surface area (Å²) in [5.74, 6) is -0.352. The van der Waals surface area contributed by atoms with Gasteiger partial charge < -0.3 is 10.0 Å². The van der Waals surface area contributed by atoms with Crippen LogP contribution in [0, 0.1) is 12.3 Å². The van der Waals surface area contributed by atoms with Gasteiger partial charge in [-0.05, 0) is 30.2 Å². The summed E-state index contributed by atoms with van der Waals surface area (Å²) in [6, 6.07) is 10.6. The predicted octanol–water partition coefficient (Wildman–Crippen LogP) is 2.92. The average Bonchev–Trinajstić information content (AvgIpc) is 2.53. The van der Waals surface area contributed by atoms with E-state index < -0.39 is 0 Å². The second-order valence-corrected chi connectivity index (χ2v) is 5.31. The molecule has 1 amide bonds. The zero-order chi connectivity index (χ0) is 17.1. The molecule has 0 aromatic heterocycles. The lowest BCUT2D eigenvalue weighted by Crippen LogP contribution is -2.24. The van der Waals surface area contributed by atoms with E-state index >= 15 is 0 Å². The van der Waals surface area contributed by atoms with Gasteiger partial charge in [0.05, 0.1) is 5.69 Å². The minimum absolute atomic E-state index is 0.0976. The largest absolute Gasteiger partial charge is 0.507 e. The van der Waals surface area contributed by atoms with Crippen LogP contribution in [0.1, 0.15) is 18.1 Å². The summed E-state index contributed by atoms with van der Waals surface area (Å²) in [4.78, 5) is 24.1. The van der Waals surface area contributed by atoms with Crippen LogP contribution in [-0.4, -0.2) is 30.1 Å². The predicted molar refractivity (Wildman–Crippen MR) is 90.3 cm³/mol. The van der Waals surface area contributed by atoms with E-state index in [4.69, 9.17) is 5.41 Å². The number of phenols is 1. The standard InChI is InChI=1S/C18H18N2O3/c1-11-6-4-5-7-13(11)14-9-18(23)15(16(19)10-21)8-17(14)20(3)12(2)22/h4-10,19,23H,1-3H3. The summed E-state index contributed by atoms with van der Waals surface area (Å²) < 4.78 is 0.